The Morgan fingerprint density at radius 1 is 1.25 bits per heavy atom. The molecule has 0 fully saturated rings. The van der Waals surface area contributed by atoms with Gasteiger partial charge in [-0.1, -0.05) is 11.2 Å². The molecule has 10 heteroatoms. The van der Waals surface area contributed by atoms with Crippen LogP contribution in [0.15, 0.2) is 41.1 Å². The van der Waals surface area contributed by atoms with Crippen LogP contribution in [0.1, 0.15) is 17.2 Å². The van der Waals surface area contributed by atoms with Crippen LogP contribution >= 0.6 is 0 Å². The van der Waals surface area contributed by atoms with E-state index in [9.17, 15) is 13.6 Å². The van der Waals surface area contributed by atoms with Crippen LogP contribution in [0.5, 0.6) is 0 Å². The number of hydrogen-bond acceptors (Lipinski definition) is 6. The Balaban J connectivity index is 1.50. The summed E-state index contributed by atoms with van der Waals surface area (Å²) in [5.74, 6) is -0.590. The Morgan fingerprint density at radius 3 is 2.86 bits per heavy atom. The van der Waals surface area contributed by atoms with E-state index >= 15 is 0 Å². The summed E-state index contributed by atoms with van der Waals surface area (Å²) < 4.78 is 33.5. The van der Waals surface area contributed by atoms with Crippen LogP contribution in [0.4, 0.5) is 8.78 Å². The number of hydrogen-bond donors (Lipinski definition) is 1. The Kier molecular flexibility index (Phi) is 4.52. The number of carbonyl (C=O) groups excluding carboxylic acids is 1. The lowest BCUT2D eigenvalue weighted by molar-refractivity contribution is -0.120. The minimum Gasteiger partial charge on any atom is -0.348 e. The maximum absolute atomic E-state index is 13.7. The Bertz CT molecular complexity index is 1170. The largest absolute Gasteiger partial charge is 0.348 e. The third kappa shape index (κ3) is 3.43. The minimum absolute atomic E-state index is 0.0785. The predicted octanol–water partition coefficient (Wildman–Crippen LogP) is 2.22. The van der Waals surface area contributed by atoms with E-state index in [1.54, 1.807) is 29.7 Å². The molecule has 4 rings (SSSR count). The molecule has 0 saturated heterocycles. The van der Waals surface area contributed by atoms with Crippen LogP contribution in [-0.4, -0.2) is 30.6 Å². The van der Waals surface area contributed by atoms with Gasteiger partial charge in [0.2, 0.25) is 5.91 Å². The standard InChI is InChI=1S/C18H14F2N6O2/c1-10-22-18(28-25-10)13-3-2-6-26-15(23-24-17(13)26)9-21-16(27)7-11-4-5-12(19)8-14(11)20/h2-6,8H,7,9H2,1H3,(H,21,27). The van der Waals surface area contributed by atoms with E-state index in [1.807, 2.05) is 0 Å². The molecule has 28 heavy (non-hydrogen) atoms. The molecule has 3 heterocycles. The summed E-state index contributed by atoms with van der Waals surface area (Å²) in [6.45, 7) is 1.79. The monoisotopic (exact) mass is 384 g/mol. The molecule has 0 aliphatic carbocycles. The first-order chi connectivity index (χ1) is 13.5. The molecule has 142 valence electrons. The number of nitrogens with one attached hydrogen (secondary N) is 1. The van der Waals surface area contributed by atoms with E-state index in [0.717, 1.165) is 12.1 Å². The van der Waals surface area contributed by atoms with Gasteiger partial charge in [0, 0.05) is 12.3 Å². The smallest absolute Gasteiger partial charge is 0.261 e. The van der Waals surface area contributed by atoms with Crippen molar-refractivity contribution < 1.29 is 18.1 Å². The van der Waals surface area contributed by atoms with E-state index in [4.69, 9.17) is 4.52 Å². The molecule has 0 unspecified atom stereocenters. The lowest BCUT2D eigenvalue weighted by Crippen LogP contribution is -2.26. The van der Waals surface area contributed by atoms with Gasteiger partial charge in [-0.15, -0.1) is 10.2 Å². The number of halogens is 2. The summed E-state index contributed by atoms with van der Waals surface area (Å²) in [6.07, 6.45) is 1.53. The number of carbonyl (C=O) groups is 1. The zero-order chi connectivity index (χ0) is 19.7. The van der Waals surface area contributed by atoms with Gasteiger partial charge in [-0.3, -0.25) is 9.20 Å². The number of benzene rings is 1. The lowest BCUT2D eigenvalue weighted by atomic mass is 10.1. The first-order valence-corrected chi connectivity index (χ1v) is 8.35. The summed E-state index contributed by atoms with van der Waals surface area (Å²) in [6, 6.07) is 6.64. The average molecular weight is 384 g/mol. The van der Waals surface area contributed by atoms with Gasteiger partial charge in [-0.05, 0) is 30.7 Å². The molecule has 8 nitrogen and oxygen atoms in total. The molecule has 0 saturated carbocycles. The van der Waals surface area contributed by atoms with Crippen LogP contribution in [-0.2, 0) is 17.8 Å². The molecule has 0 bridgehead atoms. The van der Waals surface area contributed by atoms with Crippen molar-refractivity contribution in [3.63, 3.8) is 0 Å². The molecular formula is C18H14F2N6O2. The second-order valence-electron chi connectivity index (χ2n) is 6.07. The van der Waals surface area contributed by atoms with Crippen molar-refractivity contribution in [1.29, 1.82) is 0 Å². The van der Waals surface area contributed by atoms with Crippen molar-refractivity contribution in [2.45, 2.75) is 19.9 Å². The Morgan fingerprint density at radius 2 is 2.11 bits per heavy atom. The molecule has 0 aliphatic heterocycles. The molecule has 1 aromatic carbocycles. The van der Waals surface area contributed by atoms with E-state index in [2.05, 4.69) is 25.7 Å². The van der Waals surface area contributed by atoms with Gasteiger partial charge in [0.05, 0.1) is 18.5 Å². The normalized spacial score (nSPS) is 11.1. The summed E-state index contributed by atoms with van der Waals surface area (Å²) in [5.41, 5.74) is 1.22. The van der Waals surface area contributed by atoms with Crippen LogP contribution < -0.4 is 5.32 Å². The van der Waals surface area contributed by atoms with Crippen molar-refractivity contribution in [3.8, 4) is 11.5 Å². The number of aromatic nitrogens is 5. The van der Waals surface area contributed by atoms with Gasteiger partial charge in [0.15, 0.2) is 17.3 Å². The topological polar surface area (TPSA) is 98.2 Å². The fraction of sp³-hybridized carbons (Fsp3) is 0.167. The third-order valence-corrected chi connectivity index (χ3v) is 4.07. The minimum atomic E-state index is -0.762. The highest BCUT2D eigenvalue weighted by Gasteiger charge is 2.16. The Labute approximate surface area is 157 Å². The van der Waals surface area contributed by atoms with Crippen molar-refractivity contribution in [2.24, 2.45) is 0 Å². The SMILES string of the molecule is Cc1noc(-c2cccn3c(CNC(=O)Cc4ccc(F)cc4F)nnc23)n1. The zero-order valence-corrected chi connectivity index (χ0v) is 14.7. The predicted molar refractivity (Wildman–Crippen MR) is 92.9 cm³/mol. The number of nitrogens with zero attached hydrogens (tertiary/aromatic N) is 5. The molecule has 1 N–H and O–H groups in total. The number of aryl methyl sites for hydroxylation is 1. The highest BCUT2D eigenvalue weighted by molar-refractivity contribution is 5.78. The van der Waals surface area contributed by atoms with Crippen molar-refractivity contribution in [3.05, 3.63) is 65.4 Å². The van der Waals surface area contributed by atoms with Crippen LogP contribution in [0.3, 0.4) is 0 Å². The van der Waals surface area contributed by atoms with Gasteiger partial charge in [-0.25, -0.2) is 8.78 Å². The van der Waals surface area contributed by atoms with Crippen LogP contribution in [0, 0.1) is 18.6 Å². The molecule has 0 spiro atoms. The second-order valence-corrected chi connectivity index (χ2v) is 6.07. The van der Waals surface area contributed by atoms with Crippen LogP contribution in [0.25, 0.3) is 17.1 Å². The first kappa shape index (κ1) is 17.7. The fourth-order valence-corrected chi connectivity index (χ4v) is 2.74. The lowest BCUT2D eigenvalue weighted by Gasteiger charge is -2.06. The Hall–Kier alpha value is -3.69. The number of pyridine rings is 1. The fourth-order valence-electron chi connectivity index (χ4n) is 2.74. The highest BCUT2D eigenvalue weighted by atomic mass is 19.1. The van der Waals surface area contributed by atoms with E-state index in [0.29, 0.717) is 28.8 Å². The molecule has 4 aromatic rings. The summed E-state index contributed by atoms with van der Waals surface area (Å²) in [7, 11) is 0. The number of amides is 1. The van der Waals surface area contributed by atoms with Crippen molar-refractivity contribution in [1.82, 2.24) is 30.1 Å². The average Bonchev–Trinajstić information content (AvgIpc) is 3.28. The molecular weight excluding hydrogens is 370 g/mol. The molecule has 0 radical (unpaired) electrons. The molecule has 3 aromatic heterocycles. The maximum Gasteiger partial charge on any atom is 0.261 e. The first-order valence-electron chi connectivity index (χ1n) is 8.35. The van der Waals surface area contributed by atoms with E-state index in [-0.39, 0.29) is 18.5 Å². The molecule has 0 aliphatic rings. The molecule has 0 atom stereocenters. The van der Waals surface area contributed by atoms with Gasteiger partial charge >= 0.3 is 0 Å². The number of fused-ring (bicyclic) bond motifs is 1. The van der Waals surface area contributed by atoms with Crippen molar-refractivity contribution >= 4 is 11.6 Å². The van der Waals surface area contributed by atoms with Gasteiger partial charge in [0.25, 0.3) is 5.89 Å². The molecule has 1 amide bonds. The quantitative estimate of drug-likeness (QED) is 0.567. The van der Waals surface area contributed by atoms with Gasteiger partial charge in [-0.2, -0.15) is 4.98 Å². The third-order valence-electron chi connectivity index (χ3n) is 4.07. The highest BCUT2D eigenvalue weighted by Crippen LogP contribution is 2.22. The maximum atomic E-state index is 13.7. The van der Waals surface area contributed by atoms with Crippen LogP contribution in [0.2, 0.25) is 0 Å². The zero-order valence-electron chi connectivity index (χ0n) is 14.7. The van der Waals surface area contributed by atoms with E-state index < -0.39 is 17.5 Å². The summed E-state index contributed by atoms with van der Waals surface area (Å²) in [4.78, 5) is 16.3. The summed E-state index contributed by atoms with van der Waals surface area (Å²) in [5, 5.41) is 14.6. The van der Waals surface area contributed by atoms with Crippen molar-refractivity contribution in [2.75, 3.05) is 0 Å². The number of rotatable bonds is 5. The van der Waals surface area contributed by atoms with Gasteiger partial charge < -0.3 is 9.84 Å². The summed E-state index contributed by atoms with van der Waals surface area (Å²) >= 11 is 0. The second kappa shape index (κ2) is 7.14. The van der Waals surface area contributed by atoms with Gasteiger partial charge in [0.1, 0.15) is 11.6 Å². The van der Waals surface area contributed by atoms with E-state index in [1.165, 1.54) is 6.07 Å².